The van der Waals surface area contributed by atoms with E-state index in [1.807, 2.05) is 6.07 Å². The number of hydrogen-bond acceptors (Lipinski definition) is 2. The Morgan fingerprint density at radius 3 is 2.31 bits per heavy atom. The smallest absolute Gasteiger partial charge is 0.166 e. The third-order valence-corrected chi connectivity index (χ3v) is 7.72. The van der Waals surface area contributed by atoms with Gasteiger partial charge in [-0.3, -0.25) is 0 Å². The van der Waals surface area contributed by atoms with E-state index in [0.717, 1.165) is 34.9 Å². The summed E-state index contributed by atoms with van der Waals surface area (Å²) in [6.07, 6.45) is -4.23. The van der Waals surface area contributed by atoms with E-state index in [9.17, 15) is 22.8 Å². The van der Waals surface area contributed by atoms with Crippen LogP contribution in [-0.4, -0.2) is 33.6 Å². The van der Waals surface area contributed by atoms with Crippen LogP contribution in [0.3, 0.4) is 0 Å². The summed E-state index contributed by atoms with van der Waals surface area (Å²) in [6, 6.07) is 13.1. The van der Waals surface area contributed by atoms with Crippen LogP contribution in [0.5, 0.6) is 0 Å². The van der Waals surface area contributed by atoms with Crippen LogP contribution in [0.4, 0.5) is 18.9 Å². The van der Waals surface area contributed by atoms with Gasteiger partial charge in [-0.15, -0.1) is 0 Å². The van der Waals surface area contributed by atoms with Crippen molar-refractivity contribution in [2.75, 3.05) is 5.32 Å². The van der Waals surface area contributed by atoms with Crippen molar-refractivity contribution in [3.05, 3.63) is 97.5 Å². The molecule has 0 bridgehead atoms. The summed E-state index contributed by atoms with van der Waals surface area (Å²) in [4.78, 5) is 27.5. The van der Waals surface area contributed by atoms with Crippen molar-refractivity contribution in [2.24, 2.45) is 0 Å². The van der Waals surface area contributed by atoms with Crippen LogP contribution in [0.15, 0.2) is 54.6 Å². The summed E-state index contributed by atoms with van der Waals surface area (Å²) < 4.78 is 39.8. The Bertz CT molecular complexity index is 1350. The van der Waals surface area contributed by atoms with E-state index in [2.05, 4.69) is 5.32 Å². The van der Waals surface area contributed by atoms with Gasteiger partial charge in [0.1, 0.15) is 0 Å². The molecule has 0 aromatic heterocycles. The molecule has 0 radical (unpaired) electrons. The normalized spacial score (nSPS) is 13.9. The van der Waals surface area contributed by atoms with Crippen molar-refractivity contribution < 1.29 is 22.8 Å². The summed E-state index contributed by atoms with van der Waals surface area (Å²) in [5.74, 6) is -0.955. The standard InChI is InChI=1S/C25H19AsCl3F3N2O2/c26-21(8-13-1-3-17(28)10-22(13)29)24(36)34-11-14-2-5-18(7-15(14)12-34)33-23(35)19-9-16(27)4-6-20(19)25(30,31)32/h1-7,9-10,21H,8,11-12,26H2,(H,33,35). The molecule has 2 atom stereocenters. The summed E-state index contributed by atoms with van der Waals surface area (Å²) in [7, 11) is 0. The third-order valence-electron chi connectivity index (χ3n) is 5.80. The van der Waals surface area contributed by atoms with Gasteiger partial charge in [0, 0.05) is 0 Å². The minimum atomic E-state index is -4.70. The van der Waals surface area contributed by atoms with Gasteiger partial charge in [0.05, 0.1) is 0 Å². The summed E-state index contributed by atoms with van der Waals surface area (Å²) in [5.41, 5.74) is 1.25. The number of benzene rings is 3. The first-order valence-corrected chi connectivity index (χ1v) is 13.2. The molecule has 1 aliphatic rings. The molecule has 1 N–H and O–H groups in total. The maximum atomic E-state index is 13.3. The second-order valence-electron chi connectivity index (χ2n) is 8.37. The number of anilines is 1. The summed E-state index contributed by atoms with van der Waals surface area (Å²) in [5, 5.41) is 3.57. The molecular weight excluding hydrogens is 599 g/mol. The Labute approximate surface area is 229 Å². The number of nitrogens with one attached hydrogen (secondary N) is 1. The second-order valence-corrected chi connectivity index (χ2v) is 11.3. The molecule has 1 aliphatic heterocycles. The number of hydrogen-bond donors (Lipinski definition) is 1. The zero-order valence-electron chi connectivity index (χ0n) is 18.5. The number of carbonyl (C=O) groups excluding carboxylic acids is 2. The van der Waals surface area contributed by atoms with Gasteiger partial charge in [0.2, 0.25) is 0 Å². The van der Waals surface area contributed by atoms with Gasteiger partial charge >= 0.3 is 199 Å². The molecule has 4 nitrogen and oxygen atoms in total. The number of carbonyl (C=O) groups is 2. The Morgan fingerprint density at radius 1 is 0.944 bits per heavy atom. The van der Waals surface area contributed by atoms with Gasteiger partial charge in [-0.05, 0) is 6.07 Å². The minimum Gasteiger partial charge on any atom is -0.166 e. The molecule has 0 fully saturated rings. The molecule has 0 saturated heterocycles. The fraction of sp³-hybridized carbons (Fsp3) is 0.200. The Morgan fingerprint density at radius 2 is 1.61 bits per heavy atom. The second kappa shape index (κ2) is 10.7. The van der Waals surface area contributed by atoms with E-state index in [1.54, 1.807) is 35.2 Å². The molecule has 4 rings (SSSR count). The Kier molecular flexibility index (Phi) is 7.96. The predicted molar refractivity (Wildman–Crippen MR) is 138 cm³/mol. The molecule has 36 heavy (non-hydrogen) atoms. The molecule has 11 heteroatoms. The molecular formula is C25H19AsCl3F3N2O2. The van der Waals surface area contributed by atoms with Gasteiger partial charge in [0.25, 0.3) is 0 Å². The molecule has 1 heterocycles. The van der Waals surface area contributed by atoms with Gasteiger partial charge in [-0.25, -0.2) is 0 Å². The Hall–Kier alpha value is -2.18. The van der Waals surface area contributed by atoms with Crippen LogP contribution in [0.1, 0.15) is 32.6 Å². The van der Waals surface area contributed by atoms with Crippen LogP contribution >= 0.6 is 34.8 Å². The van der Waals surface area contributed by atoms with E-state index in [0.29, 0.717) is 35.2 Å². The molecule has 2 unspecified atom stereocenters. The quantitative estimate of drug-likeness (QED) is 0.336. The molecule has 2 amide bonds. The fourth-order valence-electron chi connectivity index (χ4n) is 4.02. The van der Waals surface area contributed by atoms with Crippen LogP contribution in [0.2, 0.25) is 19.8 Å². The van der Waals surface area contributed by atoms with Crippen LogP contribution < -0.4 is 5.32 Å². The van der Waals surface area contributed by atoms with Crippen molar-refractivity contribution >= 4 is 69.2 Å². The molecule has 3 aromatic rings. The van der Waals surface area contributed by atoms with Gasteiger partial charge < -0.3 is 0 Å². The third kappa shape index (κ3) is 6.03. The Balaban J connectivity index is 1.45. The van der Waals surface area contributed by atoms with Crippen molar-refractivity contribution in [1.29, 1.82) is 0 Å². The average Bonchev–Trinajstić information content (AvgIpc) is 3.22. The van der Waals surface area contributed by atoms with E-state index >= 15 is 0 Å². The van der Waals surface area contributed by atoms with Gasteiger partial charge in [-0.1, -0.05) is 11.6 Å². The number of rotatable bonds is 5. The van der Waals surface area contributed by atoms with Crippen LogP contribution in [0, 0.1) is 0 Å². The fourth-order valence-corrected chi connectivity index (χ4v) is 5.66. The van der Waals surface area contributed by atoms with Gasteiger partial charge in [0.15, 0.2) is 0 Å². The monoisotopic (exact) mass is 616 g/mol. The first-order valence-electron chi connectivity index (χ1n) is 10.7. The number of alkyl halides is 3. The first kappa shape index (κ1) is 26.9. The molecule has 0 spiro atoms. The average molecular weight is 618 g/mol. The van der Waals surface area contributed by atoms with Crippen molar-refractivity contribution in [3.8, 4) is 0 Å². The minimum absolute atomic E-state index is 0.0202. The molecule has 0 aliphatic carbocycles. The maximum absolute atomic E-state index is 13.3. The number of fused-ring (bicyclic) bond motifs is 1. The topological polar surface area (TPSA) is 49.4 Å². The van der Waals surface area contributed by atoms with E-state index < -0.39 is 23.2 Å². The number of amides is 2. The molecule has 188 valence electrons. The van der Waals surface area contributed by atoms with E-state index in [4.69, 9.17) is 34.8 Å². The SMILES string of the molecule is O=C(Nc1ccc2c(c1)CN(C(=O)C([AsH2])Cc1ccc(Cl)cc1Cl)C2)c1cc(Cl)ccc1C(F)(F)F. The zero-order valence-corrected chi connectivity index (χ0v) is 23.2. The van der Waals surface area contributed by atoms with Gasteiger partial charge in [-0.2, -0.15) is 13.2 Å². The summed E-state index contributed by atoms with van der Waals surface area (Å²) >= 11 is 19.3. The number of halogens is 6. The zero-order chi connectivity index (χ0) is 26.2. The van der Waals surface area contributed by atoms with E-state index in [-0.39, 0.29) is 15.6 Å². The van der Waals surface area contributed by atoms with Crippen molar-refractivity contribution in [1.82, 2.24) is 4.90 Å². The number of nitrogens with zero attached hydrogens (tertiary/aromatic N) is 1. The molecule has 0 saturated carbocycles. The van der Waals surface area contributed by atoms with E-state index in [1.165, 1.54) is 16.9 Å². The molecule has 3 aromatic carbocycles. The summed E-state index contributed by atoms with van der Waals surface area (Å²) in [6.45, 7) is 0.737. The van der Waals surface area contributed by atoms with Crippen molar-refractivity contribution in [2.45, 2.75) is 30.4 Å². The predicted octanol–water partition coefficient (Wildman–Crippen LogP) is 6.42. The first-order chi connectivity index (χ1) is 16.9. The van der Waals surface area contributed by atoms with Crippen molar-refractivity contribution in [3.63, 3.8) is 0 Å². The van der Waals surface area contributed by atoms with Crippen LogP contribution in [0.25, 0.3) is 0 Å². The van der Waals surface area contributed by atoms with Crippen LogP contribution in [-0.2, 0) is 30.5 Å².